The van der Waals surface area contributed by atoms with Gasteiger partial charge in [0.25, 0.3) is 0 Å². The summed E-state index contributed by atoms with van der Waals surface area (Å²) in [6.07, 6.45) is 2.14. The van der Waals surface area contributed by atoms with Crippen LogP contribution in [0.4, 0.5) is 4.79 Å². The molecule has 0 N–H and O–H groups in total. The topological polar surface area (TPSA) is 41.4 Å². The molecule has 1 aliphatic rings. The van der Waals surface area contributed by atoms with E-state index in [4.69, 9.17) is 0 Å². The van der Waals surface area contributed by atoms with E-state index in [1.165, 1.54) is 5.69 Å². The van der Waals surface area contributed by atoms with Gasteiger partial charge in [0.05, 0.1) is 5.69 Å². The molecule has 0 atom stereocenters. The quantitative estimate of drug-likeness (QED) is 0.858. The number of piperidine rings is 1. The zero-order chi connectivity index (χ0) is 16.3. The summed E-state index contributed by atoms with van der Waals surface area (Å²) in [5.74, 6) is 0.621. The fraction of sp³-hybridized carbons (Fsp3) is 0.765. The number of urea groups is 1. The van der Waals surface area contributed by atoms with Gasteiger partial charge in [-0.3, -0.25) is 4.68 Å². The molecule has 0 aromatic carbocycles. The second-order valence-electron chi connectivity index (χ2n) is 6.70. The third kappa shape index (κ3) is 3.81. The zero-order valence-corrected chi connectivity index (χ0v) is 14.7. The maximum absolute atomic E-state index is 12.5. The molecule has 0 saturated carbocycles. The highest BCUT2D eigenvalue weighted by atomic mass is 16.2. The van der Waals surface area contributed by atoms with Crippen molar-refractivity contribution in [2.75, 3.05) is 19.6 Å². The van der Waals surface area contributed by atoms with Crippen molar-refractivity contribution in [3.8, 4) is 0 Å². The first-order valence-electron chi connectivity index (χ1n) is 8.49. The molecule has 2 amide bonds. The number of hydrogen-bond acceptors (Lipinski definition) is 2. The molecule has 0 spiro atoms. The Kier molecular flexibility index (Phi) is 5.48. The Morgan fingerprint density at radius 2 is 2.00 bits per heavy atom. The molecule has 1 aromatic heterocycles. The Labute approximate surface area is 134 Å². The summed E-state index contributed by atoms with van der Waals surface area (Å²) in [5, 5.41) is 4.55. The van der Waals surface area contributed by atoms with Crippen LogP contribution in [-0.4, -0.2) is 51.3 Å². The third-order valence-corrected chi connectivity index (χ3v) is 4.63. The molecule has 2 rings (SSSR count). The van der Waals surface area contributed by atoms with Crippen molar-refractivity contribution in [2.24, 2.45) is 5.92 Å². The lowest BCUT2D eigenvalue weighted by molar-refractivity contribution is 0.120. The zero-order valence-electron chi connectivity index (χ0n) is 14.7. The molecule has 5 nitrogen and oxygen atoms in total. The molecule has 0 unspecified atom stereocenters. The van der Waals surface area contributed by atoms with Gasteiger partial charge in [0.1, 0.15) is 0 Å². The Morgan fingerprint density at radius 3 is 2.45 bits per heavy atom. The Balaban J connectivity index is 1.87. The monoisotopic (exact) mass is 306 g/mol. The van der Waals surface area contributed by atoms with Crippen LogP contribution in [0.5, 0.6) is 0 Å². The summed E-state index contributed by atoms with van der Waals surface area (Å²) < 4.78 is 2.12. The van der Waals surface area contributed by atoms with Crippen molar-refractivity contribution >= 4 is 6.03 Å². The summed E-state index contributed by atoms with van der Waals surface area (Å²) in [7, 11) is 0. The number of hydrogen-bond donors (Lipinski definition) is 0. The van der Waals surface area contributed by atoms with Crippen molar-refractivity contribution in [2.45, 2.75) is 60.0 Å². The minimum absolute atomic E-state index is 0.196. The summed E-state index contributed by atoms with van der Waals surface area (Å²) in [4.78, 5) is 16.5. The van der Waals surface area contributed by atoms with Crippen LogP contribution < -0.4 is 0 Å². The highest BCUT2D eigenvalue weighted by Crippen LogP contribution is 2.21. The van der Waals surface area contributed by atoms with Crippen LogP contribution in [0.15, 0.2) is 6.07 Å². The van der Waals surface area contributed by atoms with Crippen LogP contribution in [0.3, 0.4) is 0 Å². The second-order valence-corrected chi connectivity index (χ2v) is 6.70. The van der Waals surface area contributed by atoms with Crippen molar-refractivity contribution in [1.29, 1.82) is 0 Å². The SMILES string of the molecule is CCN(C(=O)N1CCC(Cn2nc(C)cc2C)CC1)C(C)C. The van der Waals surface area contributed by atoms with Gasteiger partial charge in [-0.1, -0.05) is 0 Å². The van der Waals surface area contributed by atoms with E-state index in [1.807, 2.05) is 23.6 Å². The van der Waals surface area contributed by atoms with Crippen molar-refractivity contribution < 1.29 is 4.79 Å². The minimum atomic E-state index is 0.196. The number of aromatic nitrogens is 2. The van der Waals surface area contributed by atoms with E-state index in [0.29, 0.717) is 5.92 Å². The molecule has 0 aliphatic carbocycles. The van der Waals surface area contributed by atoms with Gasteiger partial charge < -0.3 is 9.80 Å². The van der Waals surface area contributed by atoms with Gasteiger partial charge in [-0.15, -0.1) is 0 Å². The minimum Gasteiger partial charge on any atom is -0.325 e. The van der Waals surface area contributed by atoms with Crippen molar-refractivity contribution in [3.05, 3.63) is 17.5 Å². The number of nitrogens with zero attached hydrogens (tertiary/aromatic N) is 4. The molecule has 1 fully saturated rings. The molecule has 1 saturated heterocycles. The molecule has 0 bridgehead atoms. The van der Waals surface area contributed by atoms with E-state index in [1.54, 1.807) is 0 Å². The first-order valence-corrected chi connectivity index (χ1v) is 8.49. The van der Waals surface area contributed by atoms with Crippen LogP contribution in [0.25, 0.3) is 0 Å². The van der Waals surface area contributed by atoms with Gasteiger partial charge in [-0.2, -0.15) is 5.10 Å². The molecule has 1 aliphatic heterocycles. The second kappa shape index (κ2) is 7.16. The number of carbonyl (C=O) groups is 1. The Bertz CT molecular complexity index is 501. The Morgan fingerprint density at radius 1 is 1.36 bits per heavy atom. The Hall–Kier alpha value is -1.52. The fourth-order valence-electron chi connectivity index (χ4n) is 3.31. The molecular formula is C17H30N4O. The maximum atomic E-state index is 12.5. The standard InChI is InChI=1S/C17H30N4O/c1-6-20(13(2)3)17(22)19-9-7-16(8-10-19)12-21-15(5)11-14(4)18-21/h11,13,16H,6-10,12H2,1-5H3. The average Bonchev–Trinajstić information content (AvgIpc) is 2.78. The lowest BCUT2D eigenvalue weighted by Gasteiger charge is -2.37. The number of amides is 2. The van der Waals surface area contributed by atoms with Crippen LogP contribution >= 0.6 is 0 Å². The van der Waals surface area contributed by atoms with Crippen molar-refractivity contribution in [3.63, 3.8) is 0 Å². The van der Waals surface area contributed by atoms with Gasteiger partial charge >= 0.3 is 6.03 Å². The normalized spacial score (nSPS) is 16.4. The molecule has 124 valence electrons. The number of rotatable bonds is 4. The van der Waals surface area contributed by atoms with Crippen LogP contribution in [-0.2, 0) is 6.54 Å². The van der Waals surface area contributed by atoms with Crippen LogP contribution in [0.1, 0.15) is 45.0 Å². The summed E-state index contributed by atoms with van der Waals surface area (Å²) in [6.45, 7) is 13.8. The summed E-state index contributed by atoms with van der Waals surface area (Å²) in [5.41, 5.74) is 2.31. The predicted octanol–water partition coefficient (Wildman–Crippen LogP) is 3.06. The third-order valence-electron chi connectivity index (χ3n) is 4.63. The van der Waals surface area contributed by atoms with Gasteiger partial charge in [0.15, 0.2) is 0 Å². The van der Waals surface area contributed by atoms with E-state index >= 15 is 0 Å². The molecule has 5 heteroatoms. The predicted molar refractivity (Wildman–Crippen MR) is 88.9 cm³/mol. The fourth-order valence-corrected chi connectivity index (χ4v) is 3.31. The van der Waals surface area contributed by atoms with E-state index in [9.17, 15) is 4.79 Å². The van der Waals surface area contributed by atoms with Gasteiger partial charge in [-0.05, 0) is 59.4 Å². The van der Waals surface area contributed by atoms with Crippen molar-refractivity contribution in [1.82, 2.24) is 19.6 Å². The van der Waals surface area contributed by atoms with E-state index < -0.39 is 0 Å². The smallest absolute Gasteiger partial charge is 0.320 e. The maximum Gasteiger partial charge on any atom is 0.320 e. The molecule has 1 aromatic rings. The van der Waals surface area contributed by atoms with Crippen LogP contribution in [0, 0.1) is 19.8 Å². The molecular weight excluding hydrogens is 276 g/mol. The highest BCUT2D eigenvalue weighted by Gasteiger charge is 2.27. The lowest BCUT2D eigenvalue weighted by atomic mass is 9.97. The lowest BCUT2D eigenvalue weighted by Crippen LogP contribution is -2.49. The average molecular weight is 306 g/mol. The van der Waals surface area contributed by atoms with Gasteiger partial charge in [0, 0.05) is 37.9 Å². The van der Waals surface area contributed by atoms with Crippen LogP contribution in [0.2, 0.25) is 0 Å². The first kappa shape index (κ1) is 16.8. The van der Waals surface area contributed by atoms with E-state index in [2.05, 4.69) is 36.6 Å². The highest BCUT2D eigenvalue weighted by molar-refractivity contribution is 5.74. The largest absolute Gasteiger partial charge is 0.325 e. The molecule has 0 radical (unpaired) electrons. The molecule has 22 heavy (non-hydrogen) atoms. The van der Waals surface area contributed by atoms with E-state index in [-0.39, 0.29) is 12.1 Å². The van der Waals surface area contributed by atoms with E-state index in [0.717, 1.165) is 44.7 Å². The number of aryl methyl sites for hydroxylation is 2. The molecule has 2 heterocycles. The van der Waals surface area contributed by atoms with Gasteiger partial charge in [0.2, 0.25) is 0 Å². The first-order chi connectivity index (χ1) is 10.4. The summed E-state index contributed by atoms with van der Waals surface area (Å²) >= 11 is 0. The number of likely N-dealkylation sites (tertiary alicyclic amines) is 1. The number of carbonyl (C=O) groups excluding carboxylic acids is 1. The summed E-state index contributed by atoms with van der Waals surface area (Å²) in [6, 6.07) is 2.59. The van der Waals surface area contributed by atoms with Gasteiger partial charge in [-0.25, -0.2) is 4.79 Å².